The predicted molar refractivity (Wildman–Crippen MR) is 154 cm³/mol. The number of sulfonamides is 2. The van der Waals surface area contributed by atoms with Gasteiger partial charge in [0.2, 0.25) is 20.0 Å². The molecule has 1 unspecified atom stereocenters. The van der Waals surface area contributed by atoms with Gasteiger partial charge in [0.25, 0.3) is 0 Å². The summed E-state index contributed by atoms with van der Waals surface area (Å²) in [6.07, 6.45) is 4.02. The van der Waals surface area contributed by atoms with Crippen molar-refractivity contribution < 1.29 is 21.9 Å². The van der Waals surface area contributed by atoms with Crippen LogP contribution in [0.2, 0.25) is 0 Å². The topological polar surface area (TPSA) is 113 Å². The third-order valence-electron chi connectivity index (χ3n) is 7.90. The molecule has 3 N–H and O–H groups in total. The van der Waals surface area contributed by atoms with Crippen LogP contribution in [0.25, 0.3) is 0 Å². The molecule has 0 spiro atoms. The summed E-state index contributed by atoms with van der Waals surface area (Å²) in [5.74, 6) is 0.630. The van der Waals surface area contributed by atoms with E-state index in [1.54, 1.807) is 13.8 Å². The second-order valence-corrected chi connectivity index (χ2v) is 15.4. The van der Waals surface area contributed by atoms with E-state index in [2.05, 4.69) is 16.4 Å². The number of aliphatic hydroxyl groups is 1. The second kappa shape index (κ2) is 13.0. The summed E-state index contributed by atoms with van der Waals surface area (Å²) < 4.78 is 54.3. The Kier molecular flexibility index (Phi) is 10.6. The maximum Gasteiger partial charge on any atom is 0.213 e. The van der Waals surface area contributed by atoms with Crippen LogP contribution in [-0.4, -0.2) is 46.0 Å². The molecule has 0 aromatic heterocycles. The van der Waals surface area contributed by atoms with Gasteiger partial charge in [-0.3, -0.25) is 0 Å². The minimum atomic E-state index is -3.35. The van der Waals surface area contributed by atoms with Gasteiger partial charge in [0, 0.05) is 13.1 Å². The molecule has 2 aromatic rings. The first-order chi connectivity index (χ1) is 17.8. The Bertz CT molecular complexity index is 1230. The Morgan fingerprint density at radius 2 is 1.42 bits per heavy atom. The van der Waals surface area contributed by atoms with Crippen molar-refractivity contribution in [3.63, 3.8) is 0 Å². The van der Waals surface area contributed by atoms with Gasteiger partial charge in [0.1, 0.15) is 0 Å². The van der Waals surface area contributed by atoms with E-state index in [1.807, 2.05) is 55.5 Å². The Balaban J connectivity index is 1.44. The average molecular weight is 565 g/mol. The molecule has 2 aromatic carbocycles. The highest BCUT2D eigenvalue weighted by Gasteiger charge is 2.36. The molecule has 1 saturated carbocycles. The molecule has 0 radical (unpaired) electrons. The lowest BCUT2D eigenvalue weighted by Gasteiger charge is -2.38. The molecule has 0 saturated heterocycles. The second-order valence-electron chi connectivity index (χ2n) is 11.2. The molecule has 3 rings (SSSR count). The first kappa shape index (κ1) is 30.8. The normalized spacial score (nSPS) is 21.5. The van der Waals surface area contributed by atoms with E-state index in [-0.39, 0.29) is 11.7 Å². The quantitative estimate of drug-likeness (QED) is 0.340. The molecule has 0 bridgehead atoms. The van der Waals surface area contributed by atoms with Crippen molar-refractivity contribution in [2.45, 2.75) is 77.1 Å². The highest BCUT2D eigenvalue weighted by atomic mass is 32.2. The molecule has 212 valence electrons. The lowest BCUT2D eigenvalue weighted by atomic mass is 9.71. The van der Waals surface area contributed by atoms with Crippen LogP contribution in [0.1, 0.15) is 68.7 Å². The van der Waals surface area contributed by atoms with Crippen molar-refractivity contribution in [2.75, 3.05) is 18.8 Å². The fourth-order valence-electron chi connectivity index (χ4n) is 4.97. The monoisotopic (exact) mass is 564 g/mol. The summed E-state index contributed by atoms with van der Waals surface area (Å²) in [7, 11) is -6.62. The molecule has 0 aliphatic heterocycles. The van der Waals surface area contributed by atoms with E-state index in [0.29, 0.717) is 44.7 Å². The highest BCUT2D eigenvalue weighted by Crippen LogP contribution is 2.41. The van der Waals surface area contributed by atoms with Crippen LogP contribution in [-0.2, 0) is 38.5 Å². The lowest BCUT2D eigenvalue weighted by Crippen LogP contribution is -2.38. The zero-order chi connectivity index (χ0) is 28.0. The molecule has 0 amide bonds. The van der Waals surface area contributed by atoms with Crippen LogP contribution in [0.3, 0.4) is 0 Å². The number of hydrogen-bond acceptors (Lipinski definition) is 5. The van der Waals surface area contributed by atoms with E-state index >= 15 is 0 Å². The Morgan fingerprint density at radius 1 is 0.868 bits per heavy atom. The summed E-state index contributed by atoms with van der Waals surface area (Å²) in [4.78, 5) is 0. The van der Waals surface area contributed by atoms with Crippen LogP contribution in [0.15, 0.2) is 48.5 Å². The predicted octanol–water partition coefficient (Wildman–Crippen LogP) is 4.04. The van der Waals surface area contributed by atoms with Crippen LogP contribution >= 0.6 is 0 Å². The van der Waals surface area contributed by atoms with Gasteiger partial charge >= 0.3 is 0 Å². The number of hydrogen-bond donors (Lipinski definition) is 3. The Morgan fingerprint density at radius 3 is 2.00 bits per heavy atom. The van der Waals surface area contributed by atoms with Crippen molar-refractivity contribution in [2.24, 2.45) is 11.8 Å². The van der Waals surface area contributed by atoms with Gasteiger partial charge in [-0.25, -0.2) is 26.3 Å². The van der Waals surface area contributed by atoms with E-state index in [9.17, 15) is 21.9 Å². The smallest absolute Gasteiger partial charge is 0.213 e. The molecule has 38 heavy (non-hydrogen) atoms. The number of rotatable bonds is 13. The fraction of sp³-hybridized carbons (Fsp3) is 0.586. The number of aryl methyl sites for hydroxylation is 2. The molecule has 1 aliphatic rings. The molecule has 9 heteroatoms. The van der Waals surface area contributed by atoms with Gasteiger partial charge in [-0.2, -0.15) is 0 Å². The molecule has 1 fully saturated rings. The molecule has 1 aliphatic carbocycles. The SMILES string of the molecule is Cc1ccc(CCS(=O)(=O)NCCc2ccc(C3(O)CCC(C(C)CNS(=O)(=O)C(C)C)CC3)cc2)cc1. The van der Waals surface area contributed by atoms with Crippen molar-refractivity contribution >= 4 is 20.0 Å². The third-order valence-corrected chi connectivity index (χ3v) is 11.1. The van der Waals surface area contributed by atoms with Crippen LogP contribution in [0.5, 0.6) is 0 Å². The maximum absolute atomic E-state index is 12.4. The summed E-state index contributed by atoms with van der Waals surface area (Å²) >= 11 is 0. The number of nitrogens with one attached hydrogen (secondary N) is 2. The summed E-state index contributed by atoms with van der Waals surface area (Å²) in [6, 6.07) is 15.7. The lowest BCUT2D eigenvalue weighted by molar-refractivity contribution is -0.0207. The van der Waals surface area contributed by atoms with Gasteiger partial charge in [0.05, 0.1) is 16.6 Å². The molecular weight excluding hydrogens is 520 g/mol. The molecular formula is C29H44N2O5S2. The first-order valence-corrected chi connectivity index (χ1v) is 16.8. The average Bonchev–Trinajstić information content (AvgIpc) is 2.87. The Hall–Kier alpha value is -1.78. The number of benzene rings is 2. The van der Waals surface area contributed by atoms with E-state index in [4.69, 9.17) is 0 Å². The van der Waals surface area contributed by atoms with Gasteiger partial charge in [-0.05, 0) is 87.8 Å². The van der Waals surface area contributed by atoms with Gasteiger partial charge in [-0.1, -0.05) is 61.0 Å². The fourth-order valence-corrected chi connectivity index (χ4v) is 6.86. The third kappa shape index (κ3) is 8.88. The minimum absolute atomic E-state index is 0.0608. The zero-order valence-electron chi connectivity index (χ0n) is 23.1. The van der Waals surface area contributed by atoms with Crippen LogP contribution < -0.4 is 9.44 Å². The van der Waals surface area contributed by atoms with E-state index in [0.717, 1.165) is 35.1 Å². The summed E-state index contributed by atoms with van der Waals surface area (Å²) in [6.45, 7) is 8.18. The van der Waals surface area contributed by atoms with Gasteiger partial charge in [-0.15, -0.1) is 0 Å². The first-order valence-electron chi connectivity index (χ1n) is 13.6. The Labute approximate surface area is 229 Å². The van der Waals surface area contributed by atoms with Crippen molar-refractivity contribution in [3.05, 3.63) is 70.8 Å². The molecule has 1 atom stereocenters. The largest absolute Gasteiger partial charge is 0.385 e. The summed E-state index contributed by atoms with van der Waals surface area (Å²) in [5.41, 5.74) is 3.17. The van der Waals surface area contributed by atoms with E-state index in [1.165, 1.54) is 0 Å². The van der Waals surface area contributed by atoms with Gasteiger partial charge in [0.15, 0.2) is 0 Å². The maximum atomic E-state index is 12.4. The van der Waals surface area contributed by atoms with Crippen LogP contribution in [0, 0.1) is 18.8 Å². The van der Waals surface area contributed by atoms with Crippen molar-refractivity contribution in [3.8, 4) is 0 Å². The molecule has 7 nitrogen and oxygen atoms in total. The zero-order valence-corrected chi connectivity index (χ0v) is 24.7. The van der Waals surface area contributed by atoms with Crippen molar-refractivity contribution in [1.82, 2.24) is 9.44 Å². The highest BCUT2D eigenvalue weighted by molar-refractivity contribution is 7.90. The summed E-state index contributed by atoms with van der Waals surface area (Å²) in [5, 5.41) is 10.9. The van der Waals surface area contributed by atoms with Crippen LogP contribution in [0.4, 0.5) is 0 Å². The standard InChI is InChI=1S/C29H44N2O5S2/c1-22(2)38(35,36)31-21-24(4)27-13-17-29(32,18-14-27)28-11-9-25(10-12-28)15-19-30-37(33,34)20-16-26-7-5-23(3)6-8-26/h5-12,22,24,27,30-32H,13-21H2,1-4H3. The van der Waals surface area contributed by atoms with Crippen molar-refractivity contribution in [1.29, 1.82) is 0 Å². The van der Waals surface area contributed by atoms with Gasteiger partial charge < -0.3 is 5.11 Å². The minimum Gasteiger partial charge on any atom is -0.385 e. The van der Waals surface area contributed by atoms with E-state index < -0.39 is 30.9 Å². The molecule has 0 heterocycles.